The second-order valence-corrected chi connectivity index (χ2v) is 8.90. The van der Waals surface area contributed by atoms with Crippen molar-refractivity contribution in [3.8, 4) is 11.4 Å². The molecule has 2 heterocycles. The van der Waals surface area contributed by atoms with E-state index in [-0.39, 0.29) is 23.4 Å². The number of nitrogens with zero attached hydrogens (tertiary/aromatic N) is 4. The molecule has 10 heteroatoms. The number of thiophene rings is 1. The molecule has 0 saturated carbocycles. The quantitative estimate of drug-likeness (QED) is 0.277. The minimum atomic E-state index is -0.476. The number of hydrogen-bond acceptors (Lipinski definition) is 7. The first kappa shape index (κ1) is 22.0. The van der Waals surface area contributed by atoms with Crippen molar-refractivity contribution in [1.29, 1.82) is 0 Å². The van der Waals surface area contributed by atoms with Gasteiger partial charge >= 0.3 is 0 Å². The minimum absolute atomic E-state index is 0.0181. The van der Waals surface area contributed by atoms with Crippen LogP contribution in [-0.4, -0.2) is 31.3 Å². The standard InChI is InChI=1S/C20H23N5O3S2/c1-4-5-17-10-14(11-29-17)19-22-23-20(24(19)13(2)3)30-12-18(26)21-15-6-8-16(9-7-15)25(27)28/h6-11,13H,4-5,12H2,1-3H3,(H,21,26). The van der Waals surface area contributed by atoms with E-state index in [1.807, 2.05) is 4.57 Å². The van der Waals surface area contributed by atoms with Gasteiger partial charge in [0.2, 0.25) is 5.91 Å². The molecular formula is C20H23N5O3S2. The maximum absolute atomic E-state index is 12.3. The number of amides is 1. The van der Waals surface area contributed by atoms with Crippen LogP contribution in [0.5, 0.6) is 0 Å². The van der Waals surface area contributed by atoms with Gasteiger partial charge in [-0.25, -0.2) is 0 Å². The number of rotatable bonds is 9. The molecule has 0 aliphatic carbocycles. The first-order valence-corrected chi connectivity index (χ1v) is 11.4. The van der Waals surface area contributed by atoms with E-state index in [0.717, 1.165) is 24.2 Å². The molecule has 8 nitrogen and oxygen atoms in total. The molecule has 0 saturated heterocycles. The molecule has 0 unspecified atom stereocenters. The fourth-order valence-electron chi connectivity index (χ4n) is 2.91. The molecule has 1 amide bonds. The zero-order valence-corrected chi connectivity index (χ0v) is 18.6. The van der Waals surface area contributed by atoms with Crippen LogP contribution in [0.2, 0.25) is 0 Å². The molecule has 3 rings (SSSR count). The van der Waals surface area contributed by atoms with Gasteiger partial charge in [-0.2, -0.15) is 0 Å². The lowest BCUT2D eigenvalue weighted by Gasteiger charge is -2.13. The van der Waals surface area contributed by atoms with Crippen molar-refractivity contribution >= 4 is 40.4 Å². The third kappa shape index (κ3) is 5.25. The summed E-state index contributed by atoms with van der Waals surface area (Å²) < 4.78 is 2.04. The molecule has 2 aromatic heterocycles. The normalized spacial score (nSPS) is 11.1. The van der Waals surface area contributed by atoms with Crippen LogP contribution in [0.1, 0.15) is 38.1 Å². The fraction of sp³-hybridized carbons (Fsp3) is 0.350. The van der Waals surface area contributed by atoms with E-state index in [1.54, 1.807) is 11.3 Å². The van der Waals surface area contributed by atoms with Gasteiger partial charge in [-0.1, -0.05) is 25.1 Å². The summed E-state index contributed by atoms with van der Waals surface area (Å²) in [6.07, 6.45) is 2.15. The third-order valence-corrected chi connectivity index (χ3v) is 6.22. The van der Waals surface area contributed by atoms with Gasteiger partial charge in [0.1, 0.15) is 0 Å². The van der Waals surface area contributed by atoms with Gasteiger partial charge < -0.3 is 5.32 Å². The predicted molar refractivity (Wildman–Crippen MR) is 120 cm³/mol. The Hall–Kier alpha value is -2.72. The summed E-state index contributed by atoms with van der Waals surface area (Å²) in [7, 11) is 0. The topological polar surface area (TPSA) is 103 Å². The lowest BCUT2D eigenvalue weighted by atomic mass is 10.2. The molecule has 0 bridgehead atoms. The molecule has 0 fully saturated rings. The van der Waals surface area contributed by atoms with Crippen molar-refractivity contribution in [3.05, 3.63) is 50.7 Å². The number of anilines is 1. The first-order valence-electron chi connectivity index (χ1n) is 9.58. The van der Waals surface area contributed by atoms with Crippen LogP contribution in [0.3, 0.4) is 0 Å². The highest BCUT2D eigenvalue weighted by Crippen LogP contribution is 2.31. The number of carbonyl (C=O) groups is 1. The van der Waals surface area contributed by atoms with E-state index in [0.29, 0.717) is 10.8 Å². The Bertz CT molecular complexity index is 1030. The predicted octanol–water partition coefficient (Wildman–Crippen LogP) is 5.18. The maximum Gasteiger partial charge on any atom is 0.269 e. The number of hydrogen-bond donors (Lipinski definition) is 1. The molecule has 0 radical (unpaired) electrons. The maximum atomic E-state index is 12.3. The van der Waals surface area contributed by atoms with Gasteiger partial charge in [-0.15, -0.1) is 21.5 Å². The van der Waals surface area contributed by atoms with E-state index in [4.69, 9.17) is 0 Å². The molecule has 30 heavy (non-hydrogen) atoms. The Kier molecular flexibility index (Phi) is 7.22. The molecule has 0 aliphatic rings. The van der Waals surface area contributed by atoms with Gasteiger partial charge in [0.25, 0.3) is 5.69 Å². The fourth-order valence-corrected chi connectivity index (χ4v) is 4.74. The Morgan fingerprint density at radius 2 is 2.03 bits per heavy atom. The number of nitro benzene ring substituents is 1. The number of non-ortho nitro benzene ring substituents is 1. The SMILES string of the molecule is CCCc1cc(-c2nnc(SCC(=O)Nc3ccc([N+](=O)[O-])cc3)n2C(C)C)cs1. The first-order chi connectivity index (χ1) is 14.4. The zero-order valence-electron chi connectivity index (χ0n) is 17.0. The van der Waals surface area contributed by atoms with E-state index >= 15 is 0 Å². The Morgan fingerprint density at radius 3 is 2.67 bits per heavy atom. The molecule has 158 valence electrons. The Morgan fingerprint density at radius 1 is 1.30 bits per heavy atom. The van der Waals surface area contributed by atoms with Crippen LogP contribution >= 0.6 is 23.1 Å². The summed E-state index contributed by atoms with van der Waals surface area (Å²) in [5, 5.41) is 24.9. The number of thioether (sulfide) groups is 1. The van der Waals surface area contributed by atoms with Gasteiger partial charge in [-0.05, 0) is 38.5 Å². The number of carbonyl (C=O) groups excluding carboxylic acids is 1. The van der Waals surface area contributed by atoms with Crippen molar-refractivity contribution < 1.29 is 9.72 Å². The molecule has 0 aliphatic heterocycles. The van der Waals surface area contributed by atoms with Crippen LogP contribution in [-0.2, 0) is 11.2 Å². The molecule has 0 spiro atoms. The van der Waals surface area contributed by atoms with Crippen LogP contribution in [0.25, 0.3) is 11.4 Å². The van der Waals surface area contributed by atoms with Gasteiger partial charge in [0.05, 0.1) is 10.7 Å². The Balaban J connectivity index is 1.68. The van der Waals surface area contributed by atoms with Crippen LogP contribution < -0.4 is 5.32 Å². The number of benzene rings is 1. The molecule has 1 N–H and O–H groups in total. The van der Waals surface area contributed by atoms with Crippen LogP contribution in [0, 0.1) is 10.1 Å². The van der Waals surface area contributed by atoms with Crippen molar-refractivity contribution in [3.63, 3.8) is 0 Å². The van der Waals surface area contributed by atoms with Crippen LogP contribution in [0.4, 0.5) is 11.4 Å². The minimum Gasteiger partial charge on any atom is -0.325 e. The second kappa shape index (κ2) is 9.86. The molecular weight excluding hydrogens is 422 g/mol. The summed E-state index contributed by atoms with van der Waals surface area (Å²) in [6, 6.07) is 8.05. The summed E-state index contributed by atoms with van der Waals surface area (Å²) in [6.45, 7) is 6.28. The van der Waals surface area contributed by atoms with Crippen molar-refractivity contribution in [2.24, 2.45) is 0 Å². The van der Waals surface area contributed by atoms with Gasteiger partial charge in [0.15, 0.2) is 11.0 Å². The summed E-state index contributed by atoms with van der Waals surface area (Å²) in [4.78, 5) is 23.9. The summed E-state index contributed by atoms with van der Waals surface area (Å²) in [5.41, 5.74) is 1.54. The second-order valence-electron chi connectivity index (χ2n) is 6.96. The van der Waals surface area contributed by atoms with E-state index in [2.05, 4.69) is 47.7 Å². The highest BCUT2D eigenvalue weighted by atomic mass is 32.2. The number of nitro groups is 1. The lowest BCUT2D eigenvalue weighted by Crippen LogP contribution is -2.15. The lowest BCUT2D eigenvalue weighted by molar-refractivity contribution is -0.384. The monoisotopic (exact) mass is 445 g/mol. The molecule has 0 atom stereocenters. The highest BCUT2D eigenvalue weighted by molar-refractivity contribution is 7.99. The summed E-state index contributed by atoms with van der Waals surface area (Å²) >= 11 is 3.04. The average molecular weight is 446 g/mol. The molecule has 3 aromatic rings. The van der Waals surface area contributed by atoms with E-state index in [1.165, 1.54) is 40.9 Å². The smallest absolute Gasteiger partial charge is 0.269 e. The van der Waals surface area contributed by atoms with Crippen molar-refractivity contribution in [1.82, 2.24) is 14.8 Å². The summed E-state index contributed by atoms with van der Waals surface area (Å²) in [5.74, 6) is 0.753. The van der Waals surface area contributed by atoms with Gasteiger partial charge in [-0.3, -0.25) is 19.5 Å². The Labute approximate surface area is 182 Å². The van der Waals surface area contributed by atoms with Crippen molar-refractivity contribution in [2.75, 3.05) is 11.1 Å². The van der Waals surface area contributed by atoms with Gasteiger partial charge in [0, 0.05) is 39.7 Å². The average Bonchev–Trinajstić information content (AvgIpc) is 3.33. The van der Waals surface area contributed by atoms with Crippen LogP contribution in [0.15, 0.2) is 40.9 Å². The number of aromatic nitrogens is 3. The van der Waals surface area contributed by atoms with E-state index < -0.39 is 4.92 Å². The molecule has 1 aromatic carbocycles. The largest absolute Gasteiger partial charge is 0.325 e. The zero-order chi connectivity index (χ0) is 21.7. The number of aryl methyl sites for hydroxylation is 1. The van der Waals surface area contributed by atoms with E-state index in [9.17, 15) is 14.9 Å². The van der Waals surface area contributed by atoms with Crippen molar-refractivity contribution in [2.45, 2.75) is 44.8 Å². The highest BCUT2D eigenvalue weighted by Gasteiger charge is 2.19. The number of nitrogens with one attached hydrogen (secondary N) is 1. The third-order valence-electron chi connectivity index (χ3n) is 4.28.